The number of ether oxygens (including phenoxy) is 2. The Hall–Kier alpha value is -0.0800. The predicted molar refractivity (Wildman–Crippen MR) is 77.7 cm³/mol. The SMILES string of the molecule is C1C[C@H]2OC[C@]34[C@H]5[C@@H]6[C@H]7[C@H]8[C@@H]9[C@@H](CC[C@@H]9OC[C@]83[C@@H]6[C@H]1[C@@H]52)[C@@H]74. The second kappa shape index (κ2) is 2.65. The minimum Gasteiger partial charge on any atom is -0.377 e. The molecule has 10 fully saturated rings. The standard InChI is InChI=1S/C20H24O2/c1-3-9-11-7(1)15-13-14-16-8-2-4-10-12(8)18(14)19(15,5-22-10)20(16,6-21-9)17(11)13/h7-18H,1-6H2/t7-,8-,9-,10+,11-,12-,13-,14-,15-,16+,17-,18-,19+,20+/m1/s1. The molecule has 0 N–H and O–H groups in total. The van der Waals surface area contributed by atoms with Crippen LogP contribution < -0.4 is 0 Å². The zero-order chi connectivity index (χ0) is 13.6. The molecule has 8 aliphatic carbocycles. The highest BCUT2D eigenvalue weighted by Gasteiger charge is 2.98. The van der Waals surface area contributed by atoms with E-state index in [4.69, 9.17) is 9.47 Å². The Balaban J connectivity index is 1.41. The highest BCUT2D eigenvalue weighted by atomic mass is 16.5. The van der Waals surface area contributed by atoms with Crippen molar-refractivity contribution in [2.45, 2.75) is 37.9 Å². The van der Waals surface area contributed by atoms with Gasteiger partial charge in [0, 0.05) is 10.8 Å². The van der Waals surface area contributed by atoms with Crippen LogP contribution in [0.1, 0.15) is 25.7 Å². The molecule has 10 aliphatic rings. The lowest BCUT2D eigenvalue weighted by Gasteiger charge is -2.65. The van der Waals surface area contributed by atoms with E-state index in [1.54, 1.807) is 0 Å². The van der Waals surface area contributed by atoms with E-state index >= 15 is 0 Å². The van der Waals surface area contributed by atoms with E-state index in [1.807, 2.05) is 0 Å². The van der Waals surface area contributed by atoms with Crippen molar-refractivity contribution in [1.82, 2.24) is 0 Å². The summed E-state index contributed by atoms with van der Waals surface area (Å²) < 4.78 is 13.3. The first kappa shape index (κ1) is 10.7. The molecule has 2 heterocycles. The molecular formula is C20H24O2. The Morgan fingerprint density at radius 3 is 1.55 bits per heavy atom. The van der Waals surface area contributed by atoms with Gasteiger partial charge in [-0.15, -0.1) is 0 Å². The molecule has 0 aromatic heterocycles. The van der Waals surface area contributed by atoms with E-state index in [2.05, 4.69) is 0 Å². The van der Waals surface area contributed by atoms with Gasteiger partial charge in [-0.1, -0.05) is 0 Å². The lowest BCUT2D eigenvalue weighted by atomic mass is 9.43. The molecule has 2 heteroatoms. The summed E-state index contributed by atoms with van der Waals surface area (Å²) in [6.45, 7) is 2.29. The molecule has 8 saturated carbocycles. The van der Waals surface area contributed by atoms with Crippen molar-refractivity contribution < 1.29 is 9.47 Å². The van der Waals surface area contributed by atoms with Crippen molar-refractivity contribution in [3.63, 3.8) is 0 Å². The Kier molecular flexibility index (Phi) is 1.29. The third kappa shape index (κ3) is 0.624. The predicted octanol–water partition coefficient (Wildman–Crippen LogP) is 2.57. The zero-order valence-corrected chi connectivity index (χ0v) is 13.0. The minimum absolute atomic E-state index is 0.607. The van der Waals surface area contributed by atoms with Gasteiger partial charge in [0.25, 0.3) is 0 Å². The van der Waals surface area contributed by atoms with Crippen molar-refractivity contribution in [3.8, 4) is 0 Å². The van der Waals surface area contributed by atoms with Crippen LogP contribution >= 0.6 is 0 Å². The number of rotatable bonds is 0. The van der Waals surface area contributed by atoms with Crippen molar-refractivity contribution in [2.75, 3.05) is 13.2 Å². The minimum atomic E-state index is 0.607. The Bertz CT molecular complexity index is 588. The topological polar surface area (TPSA) is 18.5 Å². The van der Waals surface area contributed by atoms with Crippen LogP contribution in [0.5, 0.6) is 0 Å². The van der Waals surface area contributed by atoms with Crippen LogP contribution in [0.2, 0.25) is 0 Å². The zero-order valence-electron chi connectivity index (χ0n) is 13.0. The third-order valence-electron chi connectivity index (χ3n) is 11.6. The molecule has 22 heavy (non-hydrogen) atoms. The highest BCUT2D eigenvalue weighted by molar-refractivity contribution is 5.44. The lowest BCUT2D eigenvalue weighted by Crippen LogP contribution is -2.67. The van der Waals surface area contributed by atoms with Gasteiger partial charge in [0.2, 0.25) is 0 Å². The molecule has 0 aromatic carbocycles. The highest BCUT2D eigenvalue weighted by Crippen LogP contribution is 2.98. The van der Waals surface area contributed by atoms with Gasteiger partial charge in [-0.05, 0) is 84.9 Å². The fourth-order valence-electron chi connectivity index (χ4n) is 12.4. The average molecular weight is 296 g/mol. The van der Waals surface area contributed by atoms with Gasteiger partial charge in [0.05, 0.1) is 25.4 Å². The summed E-state index contributed by atoms with van der Waals surface area (Å²) in [5.74, 6) is 10.6. The number of hydrogen-bond acceptors (Lipinski definition) is 2. The Labute approximate surface area is 131 Å². The molecule has 14 atom stereocenters. The maximum atomic E-state index is 6.64. The summed E-state index contributed by atoms with van der Waals surface area (Å²) >= 11 is 0. The summed E-state index contributed by atoms with van der Waals surface area (Å²) in [4.78, 5) is 0. The van der Waals surface area contributed by atoms with E-state index in [9.17, 15) is 0 Å². The molecule has 0 aromatic rings. The van der Waals surface area contributed by atoms with Gasteiger partial charge in [-0.3, -0.25) is 0 Å². The summed E-state index contributed by atoms with van der Waals surface area (Å²) in [6, 6.07) is 0. The largest absolute Gasteiger partial charge is 0.377 e. The van der Waals surface area contributed by atoms with Crippen molar-refractivity contribution in [2.24, 2.45) is 70.0 Å². The van der Waals surface area contributed by atoms with Gasteiger partial charge in [-0.2, -0.15) is 0 Å². The molecule has 2 nitrogen and oxygen atoms in total. The summed E-state index contributed by atoms with van der Waals surface area (Å²) in [5.41, 5.74) is 1.21. The quantitative estimate of drug-likeness (QED) is 0.684. The van der Waals surface area contributed by atoms with Gasteiger partial charge < -0.3 is 9.47 Å². The van der Waals surface area contributed by atoms with E-state index in [-0.39, 0.29) is 0 Å². The van der Waals surface area contributed by atoms with Crippen molar-refractivity contribution in [1.29, 1.82) is 0 Å². The molecule has 2 spiro atoms. The van der Waals surface area contributed by atoms with Crippen LogP contribution in [0.3, 0.4) is 0 Å². The molecule has 0 amide bonds. The third-order valence-corrected chi connectivity index (χ3v) is 11.6. The molecule has 2 aliphatic heterocycles. The number of hydrogen-bond donors (Lipinski definition) is 0. The maximum Gasteiger partial charge on any atom is 0.0609 e. The molecule has 2 saturated heterocycles. The lowest BCUT2D eigenvalue weighted by molar-refractivity contribution is -0.275. The van der Waals surface area contributed by atoms with Gasteiger partial charge in [-0.25, -0.2) is 0 Å². The molecule has 116 valence electrons. The van der Waals surface area contributed by atoms with E-state index in [0.29, 0.717) is 23.0 Å². The first-order valence-electron chi connectivity index (χ1n) is 10.1. The summed E-state index contributed by atoms with van der Waals surface area (Å²) in [6.07, 6.45) is 7.09. The van der Waals surface area contributed by atoms with Crippen LogP contribution in [0.15, 0.2) is 0 Å². The first-order valence-corrected chi connectivity index (χ1v) is 10.1. The van der Waals surface area contributed by atoms with Crippen LogP contribution in [0, 0.1) is 70.0 Å². The second-order valence-electron chi connectivity index (χ2n) is 10.7. The van der Waals surface area contributed by atoms with Crippen LogP contribution in [0.25, 0.3) is 0 Å². The average Bonchev–Trinajstić information content (AvgIpc) is 3.29. The van der Waals surface area contributed by atoms with E-state index in [0.717, 1.165) is 72.4 Å². The molecular weight excluding hydrogens is 272 g/mol. The smallest absolute Gasteiger partial charge is 0.0609 e. The molecule has 10 rings (SSSR count). The van der Waals surface area contributed by atoms with Crippen molar-refractivity contribution in [3.05, 3.63) is 0 Å². The van der Waals surface area contributed by atoms with Crippen molar-refractivity contribution >= 4 is 0 Å². The van der Waals surface area contributed by atoms with Crippen LogP contribution in [-0.4, -0.2) is 25.4 Å². The van der Waals surface area contributed by atoms with Gasteiger partial charge in [0.1, 0.15) is 0 Å². The van der Waals surface area contributed by atoms with Gasteiger partial charge >= 0.3 is 0 Å². The first-order chi connectivity index (χ1) is 10.9. The van der Waals surface area contributed by atoms with Crippen LogP contribution in [-0.2, 0) is 9.47 Å². The fraction of sp³-hybridized carbons (Fsp3) is 1.00. The normalized spacial score (nSPS) is 85.1. The Morgan fingerprint density at radius 2 is 1.05 bits per heavy atom. The summed E-state index contributed by atoms with van der Waals surface area (Å²) in [7, 11) is 0. The maximum absolute atomic E-state index is 6.64. The molecule has 0 unspecified atom stereocenters. The van der Waals surface area contributed by atoms with E-state index in [1.165, 1.54) is 25.7 Å². The summed E-state index contributed by atoms with van der Waals surface area (Å²) in [5, 5.41) is 0. The van der Waals surface area contributed by atoms with E-state index < -0.39 is 0 Å². The molecule has 8 bridgehead atoms. The van der Waals surface area contributed by atoms with Crippen LogP contribution in [0.4, 0.5) is 0 Å². The Morgan fingerprint density at radius 1 is 0.545 bits per heavy atom. The van der Waals surface area contributed by atoms with Gasteiger partial charge in [0.15, 0.2) is 0 Å². The molecule has 0 radical (unpaired) electrons. The fourth-order valence-corrected chi connectivity index (χ4v) is 12.4. The second-order valence-corrected chi connectivity index (χ2v) is 10.7. The monoisotopic (exact) mass is 296 g/mol.